The van der Waals surface area contributed by atoms with Crippen molar-refractivity contribution in [3.8, 4) is 0 Å². The maximum absolute atomic E-state index is 12.7. The standard InChI is InChI=1S/C21H25N3O5/c1-13-15-9-5-6-10-16(15)23-17(11-28-2)19(13)20(26)29-12-18(25)24-21(27)22-14-7-3-4-8-14/h5-6,9-10,14H,3-4,7-8,11-12H2,1-2H3,(H2,22,24,25,27). The minimum absolute atomic E-state index is 0.0910. The Kier molecular flexibility index (Phi) is 6.77. The second kappa shape index (κ2) is 9.47. The molecule has 2 aromatic rings. The van der Waals surface area contributed by atoms with Gasteiger partial charge < -0.3 is 14.8 Å². The van der Waals surface area contributed by atoms with Gasteiger partial charge in [0.2, 0.25) is 0 Å². The van der Waals surface area contributed by atoms with E-state index in [1.165, 1.54) is 7.11 Å². The van der Waals surface area contributed by atoms with E-state index in [1.807, 2.05) is 24.3 Å². The summed E-state index contributed by atoms with van der Waals surface area (Å²) < 4.78 is 10.3. The van der Waals surface area contributed by atoms with Crippen molar-refractivity contribution in [2.45, 2.75) is 45.3 Å². The van der Waals surface area contributed by atoms with E-state index in [2.05, 4.69) is 15.6 Å². The lowest BCUT2D eigenvalue weighted by Crippen LogP contribution is -2.45. The Labute approximate surface area is 169 Å². The Morgan fingerprint density at radius 3 is 2.62 bits per heavy atom. The molecule has 1 aromatic heterocycles. The number of pyridine rings is 1. The predicted molar refractivity (Wildman–Crippen MR) is 106 cm³/mol. The summed E-state index contributed by atoms with van der Waals surface area (Å²) in [5, 5.41) is 5.76. The van der Waals surface area contributed by atoms with Crippen LogP contribution in [0, 0.1) is 6.92 Å². The van der Waals surface area contributed by atoms with E-state index in [1.54, 1.807) is 6.92 Å². The molecule has 29 heavy (non-hydrogen) atoms. The number of para-hydroxylation sites is 1. The van der Waals surface area contributed by atoms with Crippen molar-refractivity contribution in [1.29, 1.82) is 0 Å². The zero-order chi connectivity index (χ0) is 20.8. The largest absolute Gasteiger partial charge is 0.452 e. The van der Waals surface area contributed by atoms with E-state index in [-0.39, 0.29) is 18.2 Å². The van der Waals surface area contributed by atoms with Gasteiger partial charge in [0.25, 0.3) is 5.91 Å². The molecule has 2 N–H and O–H groups in total. The normalized spacial score (nSPS) is 14.0. The third kappa shape index (κ3) is 5.08. The lowest BCUT2D eigenvalue weighted by molar-refractivity contribution is -0.123. The third-order valence-corrected chi connectivity index (χ3v) is 4.99. The quantitative estimate of drug-likeness (QED) is 0.723. The van der Waals surface area contributed by atoms with Gasteiger partial charge in [0, 0.05) is 18.5 Å². The maximum atomic E-state index is 12.7. The van der Waals surface area contributed by atoms with Crippen LogP contribution in [-0.2, 0) is 20.9 Å². The highest BCUT2D eigenvalue weighted by molar-refractivity contribution is 6.00. The number of nitrogens with one attached hydrogen (secondary N) is 2. The molecule has 0 atom stereocenters. The van der Waals surface area contributed by atoms with E-state index >= 15 is 0 Å². The Morgan fingerprint density at radius 2 is 1.90 bits per heavy atom. The molecule has 1 aliphatic rings. The molecule has 3 rings (SSSR count). The Balaban J connectivity index is 1.65. The van der Waals surface area contributed by atoms with E-state index in [4.69, 9.17) is 9.47 Å². The van der Waals surface area contributed by atoms with Crippen LogP contribution in [-0.4, -0.2) is 42.7 Å². The maximum Gasteiger partial charge on any atom is 0.340 e. The van der Waals surface area contributed by atoms with Crippen molar-refractivity contribution in [2.75, 3.05) is 13.7 Å². The molecule has 0 saturated heterocycles. The molecular formula is C21H25N3O5. The van der Waals surface area contributed by atoms with Crippen molar-refractivity contribution in [3.05, 3.63) is 41.1 Å². The topological polar surface area (TPSA) is 107 Å². The van der Waals surface area contributed by atoms with Crippen LogP contribution < -0.4 is 10.6 Å². The van der Waals surface area contributed by atoms with Crippen molar-refractivity contribution in [2.24, 2.45) is 0 Å². The second-order valence-electron chi connectivity index (χ2n) is 7.09. The number of methoxy groups -OCH3 is 1. The van der Waals surface area contributed by atoms with Gasteiger partial charge in [0.05, 0.1) is 23.4 Å². The van der Waals surface area contributed by atoms with Gasteiger partial charge in [-0.05, 0) is 31.4 Å². The number of fused-ring (bicyclic) bond motifs is 1. The summed E-state index contributed by atoms with van der Waals surface area (Å²) in [5.74, 6) is -1.37. The summed E-state index contributed by atoms with van der Waals surface area (Å²) in [6, 6.07) is 6.97. The number of imide groups is 1. The van der Waals surface area contributed by atoms with E-state index in [9.17, 15) is 14.4 Å². The second-order valence-corrected chi connectivity index (χ2v) is 7.09. The summed E-state index contributed by atoms with van der Waals surface area (Å²) >= 11 is 0. The fourth-order valence-electron chi connectivity index (χ4n) is 3.61. The van der Waals surface area contributed by atoms with Crippen molar-refractivity contribution in [3.63, 3.8) is 0 Å². The number of aryl methyl sites for hydroxylation is 1. The Morgan fingerprint density at radius 1 is 1.17 bits per heavy atom. The van der Waals surface area contributed by atoms with Crippen LogP contribution in [0.25, 0.3) is 10.9 Å². The van der Waals surface area contributed by atoms with E-state index in [0.717, 1.165) is 36.6 Å². The molecule has 0 bridgehead atoms. The minimum atomic E-state index is -0.687. The number of amides is 3. The molecular weight excluding hydrogens is 374 g/mol. The van der Waals surface area contributed by atoms with Gasteiger partial charge in [-0.3, -0.25) is 10.1 Å². The number of rotatable bonds is 6. The molecule has 154 valence electrons. The summed E-state index contributed by atoms with van der Waals surface area (Å²) in [6.07, 6.45) is 3.96. The molecule has 3 amide bonds. The van der Waals surface area contributed by atoms with Crippen molar-refractivity contribution < 1.29 is 23.9 Å². The van der Waals surface area contributed by atoms with Crippen molar-refractivity contribution in [1.82, 2.24) is 15.6 Å². The fourth-order valence-corrected chi connectivity index (χ4v) is 3.61. The zero-order valence-corrected chi connectivity index (χ0v) is 16.6. The molecule has 1 saturated carbocycles. The molecule has 1 aliphatic carbocycles. The molecule has 0 spiro atoms. The SMILES string of the molecule is COCc1nc2ccccc2c(C)c1C(=O)OCC(=O)NC(=O)NC1CCCC1. The number of carbonyl (C=O) groups excluding carboxylic acids is 3. The molecule has 8 nitrogen and oxygen atoms in total. The van der Waals surface area contributed by atoms with Gasteiger partial charge in [0.15, 0.2) is 6.61 Å². The number of aromatic nitrogens is 1. The molecule has 0 unspecified atom stereocenters. The third-order valence-electron chi connectivity index (χ3n) is 4.99. The number of benzene rings is 1. The van der Waals surface area contributed by atoms with Gasteiger partial charge in [-0.15, -0.1) is 0 Å². The number of urea groups is 1. The number of hydrogen-bond donors (Lipinski definition) is 2. The minimum Gasteiger partial charge on any atom is -0.452 e. The van der Waals surface area contributed by atoms with E-state index < -0.39 is 24.5 Å². The number of carbonyl (C=O) groups is 3. The number of esters is 1. The number of ether oxygens (including phenoxy) is 2. The first-order valence-corrected chi connectivity index (χ1v) is 9.64. The van der Waals surface area contributed by atoms with Crippen molar-refractivity contribution >= 4 is 28.8 Å². The first kappa shape index (κ1) is 20.7. The van der Waals surface area contributed by atoms with Crippen LogP contribution in [0.4, 0.5) is 4.79 Å². The molecule has 8 heteroatoms. The average Bonchev–Trinajstić information content (AvgIpc) is 3.19. The first-order valence-electron chi connectivity index (χ1n) is 9.64. The van der Waals surface area contributed by atoms with Crippen LogP contribution in [0.5, 0.6) is 0 Å². The smallest absolute Gasteiger partial charge is 0.340 e. The lowest BCUT2D eigenvalue weighted by Gasteiger charge is -2.14. The molecule has 1 heterocycles. The van der Waals surface area contributed by atoms with Crippen LogP contribution in [0.3, 0.4) is 0 Å². The monoisotopic (exact) mass is 399 g/mol. The highest BCUT2D eigenvalue weighted by Crippen LogP contribution is 2.24. The van der Waals surface area contributed by atoms with Gasteiger partial charge in [-0.1, -0.05) is 31.0 Å². The zero-order valence-electron chi connectivity index (χ0n) is 16.6. The predicted octanol–water partition coefficient (Wildman–Crippen LogP) is 2.61. The highest BCUT2D eigenvalue weighted by atomic mass is 16.5. The molecule has 1 aromatic carbocycles. The summed E-state index contributed by atoms with van der Waals surface area (Å²) in [5.41, 5.74) is 2.16. The molecule has 0 aliphatic heterocycles. The number of nitrogens with zero attached hydrogens (tertiary/aromatic N) is 1. The summed E-state index contributed by atoms with van der Waals surface area (Å²) in [7, 11) is 1.51. The van der Waals surface area contributed by atoms with Crippen LogP contribution >= 0.6 is 0 Å². The van der Waals surface area contributed by atoms with Gasteiger partial charge in [-0.25, -0.2) is 14.6 Å². The summed E-state index contributed by atoms with van der Waals surface area (Å²) in [4.78, 5) is 41.0. The van der Waals surface area contributed by atoms with Gasteiger partial charge in [-0.2, -0.15) is 0 Å². The van der Waals surface area contributed by atoms with Crippen LogP contribution in [0.15, 0.2) is 24.3 Å². The summed E-state index contributed by atoms with van der Waals surface area (Å²) in [6.45, 7) is 1.37. The lowest BCUT2D eigenvalue weighted by atomic mass is 10.0. The Bertz CT molecular complexity index is 922. The van der Waals surface area contributed by atoms with Gasteiger partial charge >= 0.3 is 12.0 Å². The number of hydrogen-bond acceptors (Lipinski definition) is 6. The highest BCUT2D eigenvalue weighted by Gasteiger charge is 2.22. The average molecular weight is 399 g/mol. The Hall–Kier alpha value is -3.00. The first-order chi connectivity index (χ1) is 14.0. The van der Waals surface area contributed by atoms with Crippen LogP contribution in [0.1, 0.15) is 47.3 Å². The van der Waals surface area contributed by atoms with Gasteiger partial charge in [0.1, 0.15) is 0 Å². The van der Waals surface area contributed by atoms with E-state index in [0.29, 0.717) is 11.3 Å². The molecule has 1 fully saturated rings. The fraction of sp³-hybridized carbons (Fsp3) is 0.429. The molecule has 0 radical (unpaired) electrons. The van der Waals surface area contributed by atoms with Crippen LogP contribution in [0.2, 0.25) is 0 Å².